The zero-order valence-corrected chi connectivity index (χ0v) is 15.4. The van der Waals surface area contributed by atoms with E-state index in [1.807, 2.05) is 39.2 Å². The Morgan fingerprint density at radius 2 is 1.78 bits per heavy atom. The van der Waals surface area contributed by atoms with Crippen molar-refractivity contribution in [2.24, 2.45) is 0 Å². The molecule has 124 valence electrons. The number of aryl methyl sites for hydroxylation is 1. The Hall–Kier alpha value is -1.23. The summed E-state index contributed by atoms with van der Waals surface area (Å²) in [5.41, 5.74) is 1.49. The van der Waals surface area contributed by atoms with Gasteiger partial charge in [0.2, 0.25) is 0 Å². The van der Waals surface area contributed by atoms with Crippen molar-refractivity contribution < 1.29 is 9.50 Å². The molecule has 0 saturated carbocycles. The van der Waals surface area contributed by atoms with Gasteiger partial charge in [0.25, 0.3) is 0 Å². The average molecular weight is 380 g/mol. The van der Waals surface area contributed by atoms with Gasteiger partial charge in [-0.3, -0.25) is 0 Å². The number of rotatable bonds is 6. The van der Waals surface area contributed by atoms with Gasteiger partial charge in [-0.2, -0.15) is 0 Å². The molecule has 0 unspecified atom stereocenters. The molecule has 0 saturated heterocycles. The van der Waals surface area contributed by atoms with Gasteiger partial charge in [-0.15, -0.1) is 0 Å². The standard InChI is InChI=1S/C19H23BrFNO/c1-14-13-16(20)7-10-18(14)19(23,11-4-12-22(2)3)15-5-8-17(21)9-6-15/h5-10,13,23H,4,11-12H2,1-3H3/t19-/m0/s1. The molecule has 0 spiro atoms. The molecule has 2 rings (SSSR count). The van der Waals surface area contributed by atoms with E-state index in [4.69, 9.17) is 0 Å². The van der Waals surface area contributed by atoms with E-state index in [1.54, 1.807) is 12.1 Å². The lowest BCUT2D eigenvalue weighted by molar-refractivity contribution is 0.0658. The summed E-state index contributed by atoms with van der Waals surface area (Å²) in [6.07, 6.45) is 1.43. The average Bonchev–Trinajstić information content (AvgIpc) is 2.47. The van der Waals surface area contributed by atoms with Gasteiger partial charge in [0.05, 0.1) is 0 Å². The summed E-state index contributed by atoms with van der Waals surface area (Å²) in [4.78, 5) is 2.10. The van der Waals surface area contributed by atoms with Crippen LogP contribution in [-0.2, 0) is 5.60 Å². The Balaban J connectivity index is 2.43. The summed E-state index contributed by atoms with van der Waals surface area (Å²) in [7, 11) is 4.03. The van der Waals surface area contributed by atoms with Crippen molar-refractivity contribution >= 4 is 15.9 Å². The molecule has 0 bridgehead atoms. The SMILES string of the molecule is Cc1cc(Br)ccc1[C@](O)(CCCN(C)C)c1ccc(F)cc1. The Labute approximate surface area is 146 Å². The molecule has 0 fully saturated rings. The van der Waals surface area contributed by atoms with Crippen LogP contribution in [0.5, 0.6) is 0 Å². The molecule has 2 nitrogen and oxygen atoms in total. The van der Waals surface area contributed by atoms with Crippen molar-refractivity contribution in [2.75, 3.05) is 20.6 Å². The smallest absolute Gasteiger partial charge is 0.123 e. The van der Waals surface area contributed by atoms with E-state index in [2.05, 4.69) is 20.8 Å². The molecule has 1 atom stereocenters. The summed E-state index contributed by atoms with van der Waals surface area (Å²) in [6, 6.07) is 12.0. The molecular weight excluding hydrogens is 357 g/mol. The molecule has 2 aromatic rings. The van der Waals surface area contributed by atoms with Crippen molar-refractivity contribution in [2.45, 2.75) is 25.4 Å². The third kappa shape index (κ3) is 4.40. The molecule has 0 radical (unpaired) electrons. The van der Waals surface area contributed by atoms with Gasteiger partial charge in [-0.25, -0.2) is 4.39 Å². The summed E-state index contributed by atoms with van der Waals surface area (Å²) >= 11 is 3.46. The third-order valence-electron chi connectivity index (χ3n) is 4.10. The van der Waals surface area contributed by atoms with Gasteiger partial charge in [0.15, 0.2) is 0 Å². The van der Waals surface area contributed by atoms with Crippen molar-refractivity contribution in [1.82, 2.24) is 4.90 Å². The lowest BCUT2D eigenvalue weighted by atomic mass is 9.80. The topological polar surface area (TPSA) is 23.5 Å². The number of halogens is 2. The first kappa shape index (κ1) is 18.1. The summed E-state index contributed by atoms with van der Waals surface area (Å²) < 4.78 is 14.3. The van der Waals surface area contributed by atoms with E-state index in [0.29, 0.717) is 6.42 Å². The van der Waals surface area contributed by atoms with Crippen molar-refractivity contribution in [3.8, 4) is 0 Å². The van der Waals surface area contributed by atoms with E-state index < -0.39 is 5.60 Å². The maximum atomic E-state index is 13.3. The zero-order chi connectivity index (χ0) is 17.0. The summed E-state index contributed by atoms with van der Waals surface area (Å²) in [5.74, 6) is -0.295. The van der Waals surface area contributed by atoms with E-state index >= 15 is 0 Å². The van der Waals surface area contributed by atoms with Crippen LogP contribution < -0.4 is 0 Å². The second kappa shape index (κ2) is 7.56. The second-order valence-electron chi connectivity index (χ2n) is 6.23. The minimum Gasteiger partial charge on any atom is -0.380 e. The molecule has 0 aliphatic carbocycles. The normalized spacial score (nSPS) is 14.0. The largest absolute Gasteiger partial charge is 0.380 e. The van der Waals surface area contributed by atoms with Gasteiger partial charge >= 0.3 is 0 Å². The Morgan fingerprint density at radius 1 is 1.13 bits per heavy atom. The number of hydrogen-bond acceptors (Lipinski definition) is 2. The zero-order valence-electron chi connectivity index (χ0n) is 13.8. The lowest BCUT2D eigenvalue weighted by Crippen LogP contribution is -2.29. The molecule has 1 N–H and O–H groups in total. The molecule has 0 amide bonds. The van der Waals surface area contributed by atoms with Gasteiger partial charge in [-0.1, -0.05) is 34.1 Å². The number of nitrogens with zero attached hydrogens (tertiary/aromatic N) is 1. The first-order chi connectivity index (χ1) is 10.8. The van der Waals surface area contributed by atoms with Crippen LogP contribution in [0.3, 0.4) is 0 Å². The molecule has 0 aliphatic heterocycles. The van der Waals surface area contributed by atoms with Crippen LogP contribution in [0.15, 0.2) is 46.9 Å². The predicted molar refractivity (Wildman–Crippen MR) is 96.1 cm³/mol. The van der Waals surface area contributed by atoms with Gasteiger partial charge in [-0.05, 0) is 81.4 Å². The number of hydrogen-bond donors (Lipinski definition) is 1. The Kier molecular flexibility index (Phi) is 5.95. The van der Waals surface area contributed by atoms with E-state index in [1.165, 1.54) is 12.1 Å². The quantitative estimate of drug-likeness (QED) is 0.799. The maximum Gasteiger partial charge on any atom is 0.123 e. The Morgan fingerprint density at radius 3 is 2.35 bits per heavy atom. The maximum absolute atomic E-state index is 13.3. The first-order valence-corrected chi connectivity index (χ1v) is 8.52. The van der Waals surface area contributed by atoms with Gasteiger partial charge < -0.3 is 10.0 Å². The van der Waals surface area contributed by atoms with E-state index in [-0.39, 0.29) is 5.82 Å². The minimum absolute atomic E-state index is 0.295. The monoisotopic (exact) mass is 379 g/mol. The molecule has 23 heavy (non-hydrogen) atoms. The van der Waals surface area contributed by atoms with Crippen LogP contribution in [0, 0.1) is 12.7 Å². The van der Waals surface area contributed by atoms with Gasteiger partial charge in [0, 0.05) is 4.47 Å². The molecule has 0 heterocycles. The third-order valence-corrected chi connectivity index (χ3v) is 4.59. The van der Waals surface area contributed by atoms with Crippen molar-refractivity contribution in [3.63, 3.8) is 0 Å². The van der Waals surface area contributed by atoms with Crippen LogP contribution in [0.1, 0.15) is 29.5 Å². The summed E-state index contributed by atoms with van der Waals surface area (Å²) in [5, 5.41) is 11.5. The highest BCUT2D eigenvalue weighted by Gasteiger charge is 2.32. The van der Waals surface area contributed by atoms with E-state index in [9.17, 15) is 9.50 Å². The highest BCUT2D eigenvalue weighted by atomic mass is 79.9. The van der Waals surface area contributed by atoms with Crippen molar-refractivity contribution in [3.05, 3.63) is 69.4 Å². The minimum atomic E-state index is -1.12. The highest BCUT2D eigenvalue weighted by Crippen LogP contribution is 2.37. The predicted octanol–water partition coefficient (Wildman–Crippen LogP) is 4.47. The lowest BCUT2D eigenvalue weighted by Gasteiger charge is -2.31. The fraction of sp³-hybridized carbons (Fsp3) is 0.368. The van der Waals surface area contributed by atoms with Crippen LogP contribution >= 0.6 is 15.9 Å². The van der Waals surface area contributed by atoms with Crippen LogP contribution in [0.2, 0.25) is 0 Å². The Bertz CT molecular complexity index is 657. The second-order valence-corrected chi connectivity index (χ2v) is 7.15. The number of benzene rings is 2. The number of aliphatic hydroxyl groups is 1. The highest BCUT2D eigenvalue weighted by molar-refractivity contribution is 9.10. The summed E-state index contributed by atoms with van der Waals surface area (Å²) in [6.45, 7) is 2.87. The van der Waals surface area contributed by atoms with E-state index in [0.717, 1.165) is 34.1 Å². The van der Waals surface area contributed by atoms with Crippen molar-refractivity contribution in [1.29, 1.82) is 0 Å². The molecule has 2 aromatic carbocycles. The van der Waals surface area contributed by atoms with Gasteiger partial charge in [0.1, 0.15) is 11.4 Å². The van der Waals surface area contributed by atoms with Crippen LogP contribution in [0.25, 0.3) is 0 Å². The fourth-order valence-electron chi connectivity index (χ4n) is 2.90. The van der Waals surface area contributed by atoms with Crippen LogP contribution in [0.4, 0.5) is 4.39 Å². The van der Waals surface area contributed by atoms with Crippen LogP contribution in [-0.4, -0.2) is 30.6 Å². The first-order valence-electron chi connectivity index (χ1n) is 7.73. The molecule has 4 heteroatoms. The molecule has 0 aliphatic rings. The fourth-order valence-corrected chi connectivity index (χ4v) is 3.38. The molecule has 0 aromatic heterocycles. The molecular formula is C19H23BrFNO.